The zero-order chi connectivity index (χ0) is 9.52. The van der Waals surface area contributed by atoms with Gasteiger partial charge in [-0.1, -0.05) is 18.2 Å². The summed E-state index contributed by atoms with van der Waals surface area (Å²) >= 11 is 1.60. The van der Waals surface area contributed by atoms with Crippen LogP contribution in [-0.2, 0) is 0 Å². The van der Waals surface area contributed by atoms with E-state index in [-0.39, 0.29) is 18.5 Å². The molecule has 2 nitrogen and oxygen atoms in total. The third-order valence-electron chi connectivity index (χ3n) is 1.70. The Morgan fingerprint density at radius 2 is 1.85 bits per heavy atom. The van der Waals surface area contributed by atoms with E-state index in [0.717, 1.165) is 4.90 Å². The average Bonchev–Trinajstić information content (AvgIpc) is 2.19. The first-order chi connectivity index (χ1) is 6.36. The molecule has 0 saturated heterocycles. The van der Waals surface area contributed by atoms with Crippen molar-refractivity contribution in [3.05, 3.63) is 30.3 Å². The van der Waals surface area contributed by atoms with Crippen LogP contribution in [0.15, 0.2) is 35.2 Å². The van der Waals surface area contributed by atoms with E-state index in [1.807, 2.05) is 30.3 Å². The molecule has 0 heterocycles. The Morgan fingerprint density at radius 1 is 1.15 bits per heavy atom. The lowest BCUT2D eigenvalue weighted by atomic mass is 10.3. The van der Waals surface area contributed by atoms with E-state index < -0.39 is 0 Å². The summed E-state index contributed by atoms with van der Waals surface area (Å²) in [5.74, 6) is 0. The Bertz CT molecular complexity index is 226. The van der Waals surface area contributed by atoms with Crippen molar-refractivity contribution in [3.63, 3.8) is 0 Å². The molecule has 0 radical (unpaired) electrons. The first-order valence-corrected chi connectivity index (χ1v) is 5.18. The van der Waals surface area contributed by atoms with Crippen LogP contribution in [0.3, 0.4) is 0 Å². The van der Waals surface area contributed by atoms with Gasteiger partial charge < -0.3 is 10.2 Å². The number of rotatable bonds is 5. The van der Waals surface area contributed by atoms with Crippen LogP contribution < -0.4 is 0 Å². The molecular weight excluding hydrogens is 184 g/mol. The predicted molar refractivity (Wildman–Crippen MR) is 54.9 cm³/mol. The topological polar surface area (TPSA) is 40.5 Å². The van der Waals surface area contributed by atoms with Gasteiger partial charge in [0, 0.05) is 16.8 Å². The number of benzene rings is 1. The lowest BCUT2D eigenvalue weighted by Crippen LogP contribution is -2.10. The fourth-order valence-electron chi connectivity index (χ4n) is 1.02. The van der Waals surface area contributed by atoms with Crippen LogP contribution in [0.25, 0.3) is 0 Å². The molecule has 13 heavy (non-hydrogen) atoms. The minimum atomic E-state index is 0.104. The van der Waals surface area contributed by atoms with Crippen LogP contribution in [0.5, 0.6) is 0 Å². The van der Waals surface area contributed by atoms with Crippen LogP contribution in [0.4, 0.5) is 0 Å². The van der Waals surface area contributed by atoms with Crippen LogP contribution in [-0.4, -0.2) is 28.7 Å². The first-order valence-electron chi connectivity index (χ1n) is 4.30. The SMILES string of the molecule is OCCC(CO)Sc1ccccc1. The molecule has 1 atom stereocenters. The minimum absolute atomic E-state index is 0.104. The van der Waals surface area contributed by atoms with Gasteiger partial charge in [-0.2, -0.15) is 0 Å². The molecule has 0 spiro atoms. The van der Waals surface area contributed by atoms with Crippen molar-refractivity contribution in [1.29, 1.82) is 0 Å². The van der Waals surface area contributed by atoms with Crippen molar-refractivity contribution >= 4 is 11.8 Å². The number of thioether (sulfide) groups is 1. The maximum absolute atomic E-state index is 8.99. The summed E-state index contributed by atoms with van der Waals surface area (Å²) in [6, 6.07) is 9.91. The molecule has 72 valence electrons. The lowest BCUT2D eigenvalue weighted by molar-refractivity contribution is 0.247. The van der Waals surface area contributed by atoms with Crippen molar-refractivity contribution in [2.24, 2.45) is 0 Å². The quantitative estimate of drug-likeness (QED) is 0.705. The highest BCUT2D eigenvalue weighted by atomic mass is 32.2. The first kappa shape index (κ1) is 10.6. The molecule has 0 aromatic heterocycles. The van der Waals surface area contributed by atoms with Gasteiger partial charge in [0.05, 0.1) is 6.61 Å². The van der Waals surface area contributed by atoms with E-state index in [0.29, 0.717) is 6.42 Å². The molecule has 0 amide bonds. The molecule has 0 aliphatic carbocycles. The Morgan fingerprint density at radius 3 is 2.38 bits per heavy atom. The summed E-state index contributed by atoms with van der Waals surface area (Å²) in [5.41, 5.74) is 0. The molecule has 1 aromatic rings. The van der Waals surface area contributed by atoms with E-state index in [4.69, 9.17) is 10.2 Å². The van der Waals surface area contributed by atoms with Crippen molar-refractivity contribution < 1.29 is 10.2 Å². The van der Waals surface area contributed by atoms with Crippen LogP contribution in [0.2, 0.25) is 0 Å². The van der Waals surface area contributed by atoms with Gasteiger partial charge in [-0.25, -0.2) is 0 Å². The van der Waals surface area contributed by atoms with E-state index in [2.05, 4.69) is 0 Å². The Balaban J connectivity index is 2.46. The normalized spacial score (nSPS) is 12.8. The summed E-state index contributed by atoms with van der Waals surface area (Å²) < 4.78 is 0. The van der Waals surface area contributed by atoms with Crippen molar-refractivity contribution in [2.45, 2.75) is 16.6 Å². The summed E-state index contributed by atoms with van der Waals surface area (Å²) in [6.07, 6.45) is 0.635. The van der Waals surface area contributed by atoms with Crippen molar-refractivity contribution in [3.8, 4) is 0 Å². The molecule has 1 unspecified atom stereocenters. The predicted octanol–water partition coefficient (Wildman–Crippen LogP) is 1.52. The molecule has 0 bridgehead atoms. The zero-order valence-electron chi connectivity index (χ0n) is 7.39. The highest BCUT2D eigenvalue weighted by molar-refractivity contribution is 8.00. The molecule has 3 heteroatoms. The van der Waals surface area contributed by atoms with E-state index in [1.165, 1.54) is 0 Å². The second kappa shape index (κ2) is 6.02. The van der Waals surface area contributed by atoms with Crippen molar-refractivity contribution in [2.75, 3.05) is 13.2 Å². The standard InChI is InChI=1S/C10H14O2S/c11-7-6-10(8-12)13-9-4-2-1-3-5-9/h1-5,10-12H,6-8H2. The zero-order valence-corrected chi connectivity index (χ0v) is 8.20. The maximum atomic E-state index is 8.99. The summed E-state index contributed by atoms with van der Waals surface area (Å²) in [4.78, 5) is 1.13. The van der Waals surface area contributed by atoms with Gasteiger partial charge in [0.15, 0.2) is 0 Å². The number of hydrogen-bond acceptors (Lipinski definition) is 3. The third-order valence-corrected chi connectivity index (χ3v) is 2.96. The van der Waals surface area contributed by atoms with Gasteiger partial charge in [-0.05, 0) is 18.6 Å². The van der Waals surface area contributed by atoms with E-state index in [1.54, 1.807) is 11.8 Å². The van der Waals surface area contributed by atoms with Crippen LogP contribution >= 0.6 is 11.8 Å². The largest absolute Gasteiger partial charge is 0.396 e. The van der Waals surface area contributed by atoms with E-state index >= 15 is 0 Å². The molecule has 1 aromatic carbocycles. The fourth-order valence-corrected chi connectivity index (χ4v) is 2.02. The Kier molecular flexibility index (Phi) is 4.90. The summed E-state index contributed by atoms with van der Waals surface area (Å²) in [6.45, 7) is 0.241. The van der Waals surface area contributed by atoms with Crippen molar-refractivity contribution in [1.82, 2.24) is 0 Å². The Hall–Kier alpha value is -0.510. The second-order valence-electron chi connectivity index (χ2n) is 2.75. The fraction of sp³-hybridized carbons (Fsp3) is 0.400. The molecular formula is C10H14O2S. The maximum Gasteiger partial charge on any atom is 0.0554 e. The molecule has 0 aliphatic heterocycles. The van der Waals surface area contributed by atoms with Crippen LogP contribution in [0, 0.1) is 0 Å². The van der Waals surface area contributed by atoms with Gasteiger partial charge in [-0.3, -0.25) is 0 Å². The molecule has 0 aliphatic rings. The molecule has 0 fully saturated rings. The Labute approximate surface area is 82.6 Å². The van der Waals surface area contributed by atoms with Gasteiger partial charge in [0.2, 0.25) is 0 Å². The number of hydrogen-bond donors (Lipinski definition) is 2. The monoisotopic (exact) mass is 198 g/mol. The van der Waals surface area contributed by atoms with Gasteiger partial charge >= 0.3 is 0 Å². The lowest BCUT2D eigenvalue weighted by Gasteiger charge is -2.11. The number of aliphatic hydroxyl groups is 2. The molecule has 2 N–H and O–H groups in total. The average molecular weight is 198 g/mol. The van der Waals surface area contributed by atoms with Crippen LogP contribution in [0.1, 0.15) is 6.42 Å². The smallest absolute Gasteiger partial charge is 0.0554 e. The second-order valence-corrected chi connectivity index (χ2v) is 4.12. The molecule has 0 saturated carbocycles. The van der Waals surface area contributed by atoms with Gasteiger partial charge in [0.25, 0.3) is 0 Å². The highest BCUT2D eigenvalue weighted by Crippen LogP contribution is 2.24. The van der Waals surface area contributed by atoms with Gasteiger partial charge in [-0.15, -0.1) is 11.8 Å². The van der Waals surface area contributed by atoms with Gasteiger partial charge in [0.1, 0.15) is 0 Å². The number of aliphatic hydroxyl groups excluding tert-OH is 2. The third kappa shape index (κ3) is 3.81. The van der Waals surface area contributed by atoms with E-state index in [9.17, 15) is 0 Å². The summed E-state index contributed by atoms with van der Waals surface area (Å²) in [7, 11) is 0. The molecule has 1 rings (SSSR count). The summed E-state index contributed by atoms with van der Waals surface area (Å²) in [5, 5.41) is 17.8. The minimum Gasteiger partial charge on any atom is -0.396 e. The highest BCUT2D eigenvalue weighted by Gasteiger charge is 2.07.